The summed E-state index contributed by atoms with van der Waals surface area (Å²) in [5.74, 6) is 1.09. The van der Waals surface area contributed by atoms with Gasteiger partial charge in [-0.05, 0) is 52.2 Å². The van der Waals surface area contributed by atoms with Crippen molar-refractivity contribution in [1.82, 2.24) is 4.90 Å². The molecule has 20 heavy (non-hydrogen) atoms. The first-order chi connectivity index (χ1) is 9.57. The van der Waals surface area contributed by atoms with E-state index in [9.17, 15) is 0 Å². The number of hydrogen-bond acceptors (Lipinski definition) is 3. The summed E-state index contributed by atoms with van der Waals surface area (Å²) >= 11 is 0. The summed E-state index contributed by atoms with van der Waals surface area (Å²) in [5.41, 5.74) is 2.61. The summed E-state index contributed by atoms with van der Waals surface area (Å²) in [6.45, 7) is 10.1. The van der Waals surface area contributed by atoms with Gasteiger partial charge in [-0.3, -0.25) is 0 Å². The van der Waals surface area contributed by atoms with E-state index in [2.05, 4.69) is 49.2 Å². The zero-order valence-electron chi connectivity index (χ0n) is 12.9. The molecule has 0 saturated carbocycles. The highest BCUT2D eigenvalue weighted by Gasteiger charge is 2.33. The maximum absolute atomic E-state index is 6.45. The Morgan fingerprint density at radius 2 is 2.00 bits per heavy atom. The molecule has 1 N–H and O–H groups in total. The fraction of sp³-hybridized carbons (Fsp3) is 0.647. The number of nitrogens with one attached hydrogen (secondary N) is 1. The van der Waals surface area contributed by atoms with Gasteiger partial charge in [0, 0.05) is 36.9 Å². The minimum atomic E-state index is -0.0108. The second-order valence-electron chi connectivity index (χ2n) is 6.64. The lowest BCUT2D eigenvalue weighted by Crippen LogP contribution is -2.48. The Hall–Kier alpha value is -1.22. The first-order valence-electron chi connectivity index (χ1n) is 7.86. The van der Waals surface area contributed by atoms with E-state index in [1.165, 1.54) is 11.3 Å². The normalized spacial score (nSPS) is 21.6. The van der Waals surface area contributed by atoms with Crippen LogP contribution in [0.2, 0.25) is 0 Å². The highest BCUT2D eigenvalue weighted by atomic mass is 16.5. The van der Waals surface area contributed by atoms with E-state index in [0.717, 1.165) is 44.6 Å². The maximum Gasteiger partial charge on any atom is 0.125 e. The van der Waals surface area contributed by atoms with Crippen LogP contribution in [0.25, 0.3) is 0 Å². The van der Waals surface area contributed by atoms with Crippen molar-refractivity contribution in [2.45, 2.75) is 51.7 Å². The molecule has 1 fully saturated rings. The predicted molar refractivity (Wildman–Crippen MR) is 83.6 cm³/mol. The summed E-state index contributed by atoms with van der Waals surface area (Å²) in [7, 11) is 0. The number of anilines is 1. The molecule has 3 nitrogen and oxygen atoms in total. The molecule has 0 bridgehead atoms. The molecular weight excluding hydrogens is 248 g/mol. The molecule has 0 unspecified atom stereocenters. The largest absolute Gasteiger partial charge is 0.487 e. The molecule has 0 aromatic heterocycles. The summed E-state index contributed by atoms with van der Waals surface area (Å²) in [5, 5.41) is 3.42. The Labute approximate surface area is 122 Å². The van der Waals surface area contributed by atoms with Gasteiger partial charge in [0.15, 0.2) is 0 Å². The number of ether oxygens (including phenoxy) is 1. The SMILES string of the molecule is CC(C)N1CCC(C)(Oc2cccc3c2CCN3)CC1. The molecule has 110 valence electrons. The zero-order valence-corrected chi connectivity index (χ0v) is 12.9. The van der Waals surface area contributed by atoms with E-state index in [1.54, 1.807) is 0 Å². The molecule has 3 rings (SSSR count). The van der Waals surface area contributed by atoms with Crippen molar-refractivity contribution in [3.8, 4) is 5.75 Å². The lowest BCUT2D eigenvalue weighted by molar-refractivity contribution is 0.00750. The molecule has 2 aliphatic rings. The Morgan fingerprint density at radius 1 is 1.25 bits per heavy atom. The molecule has 2 heterocycles. The Kier molecular flexibility index (Phi) is 3.63. The van der Waals surface area contributed by atoms with Crippen LogP contribution in [0.4, 0.5) is 5.69 Å². The highest BCUT2D eigenvalue weighted by molar-refractivity contribution is 5.61. The minimum absolute atomic E-state index is 0.0108. The molecule has 3 heteroatoms. The van der Waals surface area contributed by atoms with E-state index in [1.807, 2.05) is 0 Å². The van der Waals surface area contributed by atoms with E-state index in [-0.39, 0.29) is 5.60 Å². The molecule has 0 atom stereocenters. The molecule has 0 spiro atoms. The lowest BCUT2D eigenvalue weighted by atomic mass is 9.92. The number of hydrogen-bond donors (Lipinski definition) is 1. The van der Waals surface area contributed by atoms with Crippen molar-refractivity contribution < 1.29 is 4.74 Å². The van der Waals surface area contributed by atoms with E-state index >= 15 is 0 Å². The fourth-order valence-electron chi connectivity index (χ4n) is 3.29. The van der Waals surface area contributed by atoms with Crippen molar-refractivity contribution in [2.24, 2.45) is 0 Å². The summed E-state index contributed by atoms with van der Waals surface area (Å²) < 4.78 is 6.45. The van der Waals surface area contributed by atoms with Gasteiger partial charge in [0.2, 0.25) is 0 Å². The smallest absolute Gasteiger partial charge is 0.125 e. The fourth-order valence-corrected chi connectivity index (χ4v) is 3.29. The van der Waals surface area contributed by atoms with Crippen molar-refractivity contribution in [1.29, 1.82) is 0 Å². The summed E-state index contributed by atoms with van der Waals surface area (Å²) in [4.78, 5) is 2.54. The van der Waals surface area contributed by atoms with Crippen LogP contribution in [0.5, 0.6) is 5.75 Å². The Morgan fingerprint density at radius 3 is 2.70 bits per heavy atom. The average molecular weight is 274 g/mol. The highest BCUT2D eigenvalue weighted by Crippen LogP contribution is 2.36. The molecule has 0 radical (unpaired) electrons. The minimum Gasteiger partial charge on any atom is -0.487 e. The topological polar surface area (TPSA) is 24.5 Å². The number of nitrogens with zero attached hydrogens (tertiary/aromatic N) is 1. The molecule has 0 aliphatic carbocycles. The first kappa shape index (κ1) is 13.7. The van der Waals surface area contributed by atoms with Crippen LogP contribution in [0.15, 0.2) is 18.2 Å². The quantitative estimate of drug-likeness (QED) is 0.915. The van der Waals surface area contributed by atoms with Gasteiger partial charge in [0.25, 0.3) is 0 Å². The lowest BCUT2D eigenvalue weighted by Gasteiger charge is -2.41. The zero-order chi connectivity index (χ0) is 14.2. The van der Waals surface area contributed by atoms with Crippen LogP contribution in [-0.4, -0.2) is 36.2 Å². The first-order valence-corrected chi connectivity index (χ1v) is 7.86. The predicted octanol–water partition coefficient (Wildman–Crippen LogP) is 3.30. The van der Waals surface area contributed by atoms with Crippen LogP contribution < -0.4 is 10.1 Å². The van der Waals surface area contributed by atoms with Crippen LogP contribution in [0.3, 0.4) is 0 Å². The van der Waals surface area contributed by atoms with E-state index < -0.39 is 0 Å². The molecule has 1 aromatic carbocycles. The van der Waals surface area contributed by atoms with Gasteiger partial charge in [0.1, 0.15) is 11.4 Å². The van der Waals surface area contributed by atoms with Crippen molar-refractivity contribution in [3.63, 3.8) is 0 Å². The number of piperidine rings is 1. The molecule has 1 saturated heterocycles. The van der Waals surface area contributed by atoms with Crippen molar-refractivity contribution in [3.05, 3.63) is 23.8 Å². The van der Waals surface area contributed by atoms with Crippen LogP contribution in [0, 0.1) is 0 Å². The third-order valence-corrected chi connectivity index (χ3v) is 4.77. The maximum atomic E-state index is 6.45. The van der Waals surface area contributed by atoms with Crippen molar-refractivity contribution in [2.75, 3.05) is 25.0 Å². The van der Waals surface area contributed by atoms with Crippen LogP contribution >= 0.6 is 0 Å². The van der Waals surface area contributed by atoms with E-state index in [4.69, 9.17) is 4.74 Å². The van der Waals surface area contributed by atoms with Gasteiger partial charge in [-0.2, -0.15) is 0 Å². The number of benzene rings is 1. The monoisotopic (exact) mass is 274 g/mol. The second-order valence-corrected chi connectivity index (χ2v) is 6.64. The van der Waals surface area contributed by atoms with Gasteiger partial charge in [0.05, 0.1) is 0 Å². The standard InChI is InChI=1S/C17H26N2O/c1-13(2)19-11-8-17(3,9-12-19)20-16-6-4-5-15-14(16)7-10-18-15/h4-6,13,18H,7-12H2,1-3H3. The Bertz CT molecular complexity index is 476. The number of fused-ring (bicyclic) bond motifs is 1. The van der Waals surface area contributed by atoms with E-state index in [0.29, 0.717) is 6.04 Å². The van der Waals surface area contributed by atoms with Crippen LogP contribution in [0.1, 0.15) is 39.2 Å². The van der Waals surface area contributed by atoms with Gasteiger partial charge < -0.3 is 15.0 Å². The molecule has 0 amide bonds. The molecule has 1 aromatic rings. The number of likely N-dealkylation sites (tertiary alicyclic amines) is 1. The molecular formula is C17H26N2O. The summed E-state index contributed by atoms with van der Waals surface area (Å²) in [6, 6.07) is 7.02. The van der Waals surface area contributed by atoms with Gasteiger partial charge in [-0.25, -0.2) is 0 Å². The Balaban J connectivity index is 1.71. The van der Waals surface area contributed by atoms with Gasteiger partial charge >= 0.3 is 0 Å². The third-order valence-electron chi connectivity index (χ3n) is 4.77. The average Bonchev–Trinajstić information content (AvgIpc) is 2.88. The van der Waals surface area contributed by atoms with Gasteiger partial charge in [-0.15, -0.1) is 0 Å². The van der Waals surface area contributed by atoms with Crippen LogP contribution in [-0.2, 0) is 6.42 Å². The number of rotatable bonds is 3. The van der Waals surface area contributed by atoms with Gasteiger partial charge in [-0.1, -0.05) is 6.07 Å². The summed E-state index contributed by atoms with van der Waals surface area (Å²) in [6.07, 6.45) is 3.31. The second kappa shape index (κ2) is 5.28. The molecule has 2 aliphatic heterocycles. The van der Waals surface area contributed by atoms with Crippen molar-refractivity contribution >= 4 is 5.69 Å². The third kappa shape index (κ3) is 2.64.